The summed E-state index contributed by atoms with van der Waals surface area (Å²) in [6, 6.07) is 16.2. The number of halogens is 2. The summed E-state index contributed by atoms with van der Waals surface area (Å²) in [4.78, 5) is 38.3. The van der Waals surface area contributed by atoms with Crippen LogP contribution in [0.25, 0.3) is 22.4 Å². The van der Waals surface area contributed by atoms with E-state index in [0.717, 1.165) is 42.1 Å². The smallest absolute Gasteiger partial charge is 0.304 e. The SMILES string of the molecule is CN1CCOc2cc(-c3ccc(Cl)cc3-c3nc(N(C(=O)C(CC(=O)O)Cc4ccccc4)C4CC4)sc3F)cnc21. The Morgan fingerprint density at radius 1 is 1.19 bits per heavy atom. The standard InChI is InChI=1S/C31H28ClFN4O4S/c1-36-11-12-41-25-14-20(17-34-29(25)36)23-10-7-21(32)16-24(23)27-28(33)42-31(35-27)37(22-8-9-22)30(40)19(15-26(38)39)13-18-5-3-2-4-6-18/h2-7,10,14,16-17,19,22H,8-9,11-13,15H2,1H3,(H,38,39). The molecule has 0 spiro atoms. The number of hydrogen-bond donors (Lipinski definition) is 1. The van der Waals surface area contributed by atoms with Gasteiger partial charge in [0.2, 0.25) is 11.0 Å². The highest BCUT2D eigenvalue weighted by atomic mass is 35.5. The Hall–Kier alpha value is -4.02. The summed E-state index contributed by atoms with van der Waals surface area (Å²) in [5, 5.41) is 9.64. The summed E-state index contributed by atoms with van der Waals surface area (Å²) in [6.45, 7) is 1.26. The molecule has 1 atom stereocenters. The van der Waals surface area contributed by atoms with E-state index in [9.17, 15) is 14.7 Å². The number of ether oxygens (including phenoxy) is 1. The Kier molecular flexibility index (Phi) is 7.83. The zero-order valence-corrected chi connectivity index (χ0v) is 24.4. The zero-order valence-electron chi connectivity index (χ0n) is 22.8. The molecule has 1 aliphatic carbocycles. The van der Waals surface area contributed by atoms with Crippen LogP contribution in [0, 0.1) is 11.0 Å². The normalized spacial score (nSPS) is 15.1. The van der Waals surface area contributed by atoms with Crippen molar-refractivity contribution >= 4 is 45.8 Å². The van der Waals surface area contributed by atoms with Crippen LogP contribution in [0.3, 0.4) is 0 Å². The molecule has 8 nitrogen and oxygen atoms in total. The number of anilines is 2. The Balaban J connectivity index is 1.37. The first-order valence-electron chi connectivity index (χ1n) is 13.7. The molecule has 42 heavy (non-hydrogen) atoms. The number of rotatable bonds is 9. The van der Waals surface area contributed by atoms with Crippen molar-refractivity contribution in [1.82, 2.24) is 9.97 Å². The van der Waals surface area contributed by atoms with Gasteiger partial charge in [0, 0.05) is 35.4 Å². The number of hydrogen-bond acceptors (Lipinski definition) is 7. The van der Waals surface area contributed by atoms with Crippen LogP contribution in [0.2, 0.25) is 5.02 Å². The predicted octanol–water partition coefficient (Wildman–Crippen LogP) is 6.32. The lowest BCUT2D eigenvalue weighted by Gasteiger charge is -2.26. The first kappa shape index (κ1) is 28.1. The molecule has 2 aromatic heterocycles. The predicted molar refractivity (Wildman–Crippen MR) is 161 cm³/mol. The molecule has 1 amide bonds. The fourth-order valence-corrected chi connectivity index (χ4v) is 6.28. The number of aromatic nitrogens is 2. The fraction of sp³-hybridized carbons (Fsp3) is 0.290. The molecule has 0 radical (unpaired) electrons. The third-order valence-corrected chi connectivity index (χ3v) is 8.53. The van der Waals surface area contributed by atoms with E-state index in [2.05, 4.69) is 9.97 Å². The Morgan fingerprint density at radius 2 is 1.98 bits per heavy atom. The van der Waals surface area contributed by atoms with Crippen LogP contribution >= 0.6 is 22.9 Å². The number of likely N-dealkylation sites (N-methyl/N-ethyl adjacent to an activating group) is 1. The second kappa shape index (κ2) is 11.7. The number of aliphatic carboxylic acids is 1. The van der Waals surface area contributed by atoms with Gasteiger partial charge in [0.25, 0.3) is 0 Å². The summed E-state index contributed by atoms with van der Waals surface area (Å²) >= 11 is 7.15. The van der Waals surface area contributed by atoms with Crippen molar-refractivity contribution in [3.8, 4) is 28.1 Å². The molecule has 216 valence electrons. The van der Waals surface area contributed by atoms with Crippen molar-refractivity contribution in [1.29, 1.82) is 0 Å². The molecule has 6 rings (SSSR count). The Bertz CT molecular complexity index is 1650. The maximum atomic E-state index is 15.7. The molecule has 1 N–H and O–H groups in total. The van der Waals surface area contributed by atoms with Crippen LogP contribution < -0.4 is 14.5 Å². The van der Waals surface area contributed by atoms with E-state index in [1.807, 2.05) is 48.3 Å². The monoisotopic (exact) mass is 606 g/mol. The van der Waals surface area contributed by atoms with Crippen molar-refractivity contribution in [3.05, 3.63) is 76.5 Å². The van der Waals surface area contributed by atoms with Gasteiger partial charge in [-0.05, 0) is 48.6 Å². The van der Waals surface area contributed by atoms with Crippen LogP contribution in [0.1, 0.15) is 24.8 Å². The van der Waals surface area contributed by atoms with Crippen LogP contribution in [-0.2, 0) is 16.0 Å². The van der Waals surface area contributed by atoms with Gasteiger partial charge in [-0.1, -0.05) is 59.3 Å². The maximum Gasteiger partial charge on any atom is 0.304 e. The number of amides is 1. The van der Waals surface area contributed by atoms with E-state index in [1.165, 1.54) is 4.90 Å². The largest absolute Gasteiger partial charge is 0.488 e. The molecule has 4 aromatic rings. The Morgan fingerprint density at radius 3 is 2.71 bits per heavy atom. The molecule has 2 aromatic carbocycles. The number of benzene rings is 2. The highest BCUT2D eigenvalue weighted by Gasteiger charge is 2.40. The number of nitrogens with zero attached hydrogens (tertiary/aromatic N) is 4. The van der Waals surface area contributed by atoms with Crippen molar-refractivity contribution in [3.63, 3.8) is 0 Å². The molecule has 11 heteroatoms. The first-order valence-corrected chi connectivity index (χ1v) is 14.9. The maximum absolute atomic E-state index is 15.7. The van der Waals surface area contributed by atoms with Gasteiger partial charge >= 0.3 is 5.97 Å². The van der Waals surface area contributed by atoms with E-state index < -0.39 is 17.0 Å². The van der Waals surface area contributed by atoms with Gasteiger partial charge in [0.15, 0.2) is 16.7 Å². The molecule has 1 saturated carbocycles. The third-order valence-electron chi connectivity index (χ3n) is 7.45. The van der Waals surface area contributed by atoms with E-state index >= 15 is 4.39 Å². The molecule has 0 bridgehead atoms. The second-order valence-corrected chi connectivity index (χ2v) is 11.9. The number of thiazole rings is 1. The summed E-state index contributed by atoms with van der Waals surface area (Å²) in [6.07, 6.45) is 3.12. The number of pyridine rings is 1. The summed E-state index contributed by atoms with van der Waals surface area (Å²) in [7, 11) is 1.95. The highest BCUT2D eigenvalue weighted by molar-refractivity contribution is 7.14. The van der Waals surface area contributed by atoms with Crippen molar-refractivity contribution < 1.29 is 23.8 Å². The quantitative estimate of drug-likeness (QED) is 0.238. The molecule has 1 aliphatic heterocycles. The van der Waals surface area contributed by atoms with Crippen molar-refractivity contribution in [2.75, 3.05) is 30.0 Å². The number of carbonyl (C=O) groups is 2. The van der Waals surface area contributed by atoms with Crippen molar-refractivity contribution in [2.45, 2.75) is 31.7 Å². The van der Waals surface area contributed by atoms with Gasteiger partial charge in [-0.25, -0.2) is 9.97 Å². The summed E-state index contributed by atoms with van der Waals surface area (Å²) < 4.78 is 21.6. The average molecular weight is 607 g/mol. The minimum absolute atomic E-state index is 0.0690. The molecule has 3 heterocycles. The number of carboxylic acids is 1. The van der Waals surface area contributed by atoms with E-state index in [-0.39, 0.29) is 35.6 Å². The molecule has 1 unspecified atom stereocenters. The van der Waals surface area contributed by atoms with Gasteiger partial charge in [0.1, 0.15) is 12.3 Å². The van der Waals surface area contributed by atoms with Gasteiger partial charge in [-0.2, -0.15) is 4.39 Å². The Labute approximate surface area is 251 Å². The topological polar surface area (TPSA) is 95.9 Å². The number of carboxylic acid groups (broad SMARTS) is 1. The van der Waals surface area contributed by atoms with Gasteiger partial charge in [-0.3, -0.25) is 14.5 Å². The first-order chi connectivity index (χ1) is 20.3. The molecular weight excluding hydrogens is 579 g/mol. The summed E-state index contributed by atoms with van der Waals surface area (Å²) in [5.74, 6) is -0.885. The van der Waals surface area contributed by atoms with Gasteiger partial charge in [-0.15, -0.1) is 0 Å². The molecule has 2 aliphatic rings. The minimum atomic E-state index is -1.07. The zero-order chi connectivity index (χ0) is 29.4. The van der Waals surface area contributed by atoms with Crippen LogP contribution in [0.4, 0.5) is 15.3 Å². The number of fused-ring (bicyclic) bond motifs is 1. The van der Waals surface area contributed by atoms with Crippen LogP contribution in [-0.4, -0.2) is 53.2 Å². The average Bonchev–Trinajstić information content (AvgIpc) is 3.73. The van der Waals surface area contributed by atoms with E-state index in [0.29, 0.717) is 34.1 Å². The lowest BCUT2D eigenvalue weighted by Crippen LogP contribution is -2.39. The minimum Gasteiger partial charge on any atom is -0.488 e. The fourth-order valence-electron chi connectivity index (χ4n) is 5.22. The second-order valence-electron chi connectivity index (χ2n) is 10.5. The van der Waals surface area contributed by atoms with Crippen molar-refractivity contribution in [2.24, 2.45) is 5.92 Å². The van der Waals surface area contributed by atoms with Gasteiger partial charge in [0.05, 0.1) is 18.9 Å². The van der Waals surface area contributed by atoms with Gasteiger partial charge < -0.3 is 14.7 Å². The molecule has 1 fully saturated rings. The molecular formula is C31H28ClFN4O4S. The highest BCUT2D eigenvalue weighted by Crippen LogP contribution is 2.43. The number of carbonyl (C=O) groups excluding carboxylic acids is 1. The lowest BCUT2D eigenvalue weighted by atomic mass is 9.94. The van der Waals surface area contributed by atoms with E-state index in [4.69, 9.17) is 16.3 Å². The molecule has 0 saturated heterocycles. The van der Waals surface area contributed by atoms with Crippen LogP contribution in [0.5, 0.6) is 5.75 Å². The third kappa shape index (κ3) is 5.82. The summed E-state index contributed by atoms with van der Waals surface area (Å²) in [5.41, 5.74) is 2.77. The van der Waals surface area contributed by atoms with Crippen LogP contribution in [0.15, 0.2) is 60.8 Å². The lowest BCUT2D eigenvalue weighted by molar-refractivity contribution is -0.140. The van der Waals surface area contributed by atoms with E-state index in [1.54, 1.807) is 24.4 Å².